The number of fused-ring (bicyclic) bond motifs is 1. The summed E-state index contributed by atoms with van der Waals surface area (Å²) < 4.78 is 1.98. The Morgan fingerprint density at radius 3 is 2.94 bits per heavy atom. The number of pyridine rings is 1. The molecule has 0 spiro atoms. The molecule has 0 bridgehead atoms. The fourth-order valence-corrected chi connectivity index (χ4v) is 2.89. The van der Waals surface area contributed by atoms with E-state index in [1.807, 2.05) is 22.6 Å². The first-order valence-corrected chi connectivity index (χ1v) is 6.53. The van der Waals surface area contributed by atoms with Gasteiger partial charge in [-0.1, -0.05) is 6.07 Å². The van der Waals surface area contributed by atoms with E-state index in [2.05, 4.69) is 28.9 Å². The molecule has 5 heteroatoms. The molecular weight excluding hydrogens is 226 g/mol. The van der Waals surface area contributed by atoms with Crippen LogP contribution in [0.5, 0.6) is 0 Å². The zero-order chi connectivity index (χ0) is 12.7. The molecule has 5 nitrogen and oxygen atoms in total. The number of likely N-dealkylation sites (tertiary alicyclic amines) is 1. The molecule has 2 N–H and O–H groups in total. The highest BCUT2D eigenvalue weighted by Gasteiger charge is 2.31. The van der Waals surface area contributed by atoms with Gasteiger partial charge in [-0.25, -0.2) is 0 Å². The van der Waals surface area contributed by atoms with Gasteiger partial charge in [-0.05, 0) is 45.4 Å². The van der Waals surface area contributed by atoms with E-state index in [1.165, 1.54) is 6.42 Å². The van der Waals surface area contributed by atoms with Crippen LogP contribution in [-0.4, -0.2) is 32.1 Å². The third-order valence-corrected chi connectivity index (χ3v) is 3.74. The molecule has 1 fully saturated rings. The lowest BCUT2D eigenvalue weighted by Gasteiger charge is -2.27. The van der Waals surface area contributed by atoms with Crippen molar-refractivity contribution in [1.29, 1.82) is 0 Å². The van der Waals surface area contributed by atoms with Crippen LogP contribution in [-0.2, 0) is 0 Å². The van der Waals surface area contributed by atoms with Crippen molar-refractivity contribution < 1.29 is 0 Å². The van der Waals surface area contributed by atoms with Crippen molar-refractivity contribution in [2.45, 2.75) is 38.8 Å². The Morgan fingerprint density at radius 2 is 2.17 bits per heavy atom. The molecule has 0 saturated carbocycles. The van der Waals surface area contributed by atoms with Crippen molar-refractivity contribution in [2.24, 2.45) is 0 Å². The fraction of sp³-hybridized carbons (Fsp3) is 0.538. The van der Waals surface area contributed by atoms with Gasteiger partial charge < -0.3 is 5.73 Å². The number of aromatic nitrogens is 3. The number of rotatable bonds is 2. The Morgan fingerprint density at radius 1 is 1.33 bits per heavy atom. The van der Waals surface area contributed by atoms with Crippen LogP contribution in [0.25, 0.3) is 5.65 Å². The highest BCUT2D eigenvalue weighted by atomic mass is 15.3. The Bertz CT molecular complexity index is 560. The van der Waals surface area contributed by atoms with Crippen molar-refractivity contribution in [3.8, 4) is 0 Å². The van der Waals surface area contributed by atoms with Crippen LogP contribution < -0.4 is 5.73 Å². The number of hydrogen-bond donors (Lipinski definition) is 1. The van der Waals surface area contributed by atoms with Crippen molar-refractivity contribution in [3.05, 3.63) is 24.0 Å². The van der Waals surface area contributed by atoms with Gasteiger partial charge >= 0.3 is 0 Å². The first-order chi connectivity index (χ1) is 8.68. The second kappa shape index (κ2) is 4.24. The first-order valence-electron chi connectivity index (χ1n) is 6.53. The molecule has 3 heterocycles. The van der Waals surface area contributed by atoms with E-state index in [0.717, 1.165) is 24.4 Å². The zero-order valence-electron chi connectivity index (χ0n) is 10.9. The Balaban J connectivity index is 2.09. The van der Waals surface area contributed by atoms with Gasteiger partial charge in [0.25, 0.3) is 0 Å². The van der Waals surface area contributed by atoms with E-state index in [0.29, 0.717) is 17.9 Å². The molecule has 2 aromatic rings. The second-order valence-electron chi connectivity index (χ2n) is 5.19. The molecule has 18 heavy (non-hydrogen) atoms. The van der Waals surface area contributed by atoms with Gasteiger partial charge in [-0.15, -0.1) is 10.2 Å². The maximum atomic E-state index is 6.06. The van der Waals surface area contributed by atoms with Gasteiger partial charge in [0.15, 0.2) is 11.5 Å². The molecule has 0 aliphatic carbocycles. The molecule has 0 radical (unpaired) electrons. The van der Waals surface area contributed by atoms with Crippen LogP contribution in [0.2, 0.25) is 0 Å². The average molecular weight is 245 g/mol. The molecule has 0 amide bonds. The maximum absolute atomic E-state index is 6.06. The molecular formula is C13H19N5. The fourth-order valence-electron chi connectivity index (χ4n) is 2.89. The van der Waals surface area contributed by atoms with Crippen LogP contribution >= 0.6 is 0 Å². The van der Waals surface area contributed by atoms with Crippen molar-refractivity contribution in [3.63, 3.8) is 0 Å². The third-order valence-electron chi connectivity index (χ3n) is 3.74. The van der Waals surface area contributed by atoms with Gasteiger partial charge in [0, 0.05) is 6.04 Å². The summed E-state index contributed by atoms with van der Waals surface area (Å²) in [6.07, 6.45) is 2.35. The van der Waals surface area contributed by atoms with Crippen molar-refractivity contribution in [1.82, 2.24) is 19.5 Å². The predicted octanol–water partition coefficient (Wildman–Crippen LogP) is 1.86. The zero-order valence-corrected chi connectivity index (χ0v) is 10.9. The van der Waals surface area contributed by atoms with E-state index >= 15 is 0 Å². The molecule has 1 aliphatic rings. The molecule has 0 aromatic carbocycles. The number of nitrogen functional groups attached to an aromatic ring is 1. The molecule has 2 aromatic heterocycles. The van der Waals surface area contributed by atoms with Crippen molar-refractivity contribution in [2.75, 3.05) is 12.3 Å². The van der Waals surface area contributed by atoms with E-state index in [4.69, 9.17) is 5.73 Å². The van der Waals surface area contributed by atoms with E-state index < -0.39 is 0 Å². The lowest BCUT2D eigenvalue weighted by molar-refractivity contribution is 0.198. The molecule has 1 saturated heterocycles. The average Bonchev–Trinajstić information content (AvgIpc) is 2.94. The van der Waals surface area contributed by atoms with E-state index in [-0.39, 0.29) is 0 Å². The second-order valence-corrected chi connectivity index (χ2v) is 5.19. The highest BCUT2D eigenvalue weighted by Crippen LogP contribution is 2.33. The Hall–Kier alpha value is -1.62. The summed E-state index contributed by atoms with van der Waals surface area (Å²) in [7, 11) is 0. The molecule has 3 rings (SSSR count). The standard InChI is InChI=1S/C13H19N5/c1-9(2)17-8-4-5-10(17)13-16-15-12-7-3-6-11(14)18(12)13/h3,6-7,9-10H,4-5,8,14H2,1-2H3. The minimum absolute atomic E-state index is 0.338. The predicted molar refractivity (Wildman–Crippen MR) is 71.2 cm³/mol. The van der Waals surface area contributed by atoms with Crippen LogP contribution in [0, 0.1) is 0 Å². The number of nitrogens with two attached hydrogens (primary N) is 1. The summed E-state index contributed by atoms with van der Waals surface area (Å²) in [6, 6.07) is 6.62. The summed E-state index contributed by atoms with van der Waals surface area (Å²) >= 11 is 0. The summed E-state index contributed by atoms with van der Waals surface area (Å²) in [6.45, 7) is 5.58. The van der Waals surface area contributed by atoms with E-state index in [1.54, 1.807) is 0 Å². The molecule has 1 aliphatic heterocycles. The Labute approximate surface area is 107 Å². The number of hydrogen-bond acceptors (Lipinski definition) is 4. The topological polar surface area (TPSA) is 59.5 Å². The summed E-state index contributed by atoms with van der Waals surface area (Å²) in [5.41, 5.74) is 6.89. The van der Waals surface area contributed by atoms with Crippen LogP contribution in [0.4, 0.5) is 5.82 Å². The smallest absolute Gasteiger partial charge is 0.162 e. The molecule has 96 valence electrons. The van der Waals surface area contributed by atoms with Crippen molar-refractivity contribution >= 4 is 11.5 Å². The normalized spacial score (nSPS) is 21.2. The maximum Gasteiger partial charge on any atom is 0.162 e. The lowest BCUT2D eigenvalue weighted by atomic mass is 10.2. The van der Waals surface area contributed by atoms with Crippen LogP contribution in [0.15, 0.2) is 18.2 Å². The first kappa shape index (κ1) is 11.5. The van der Waals surface area contributed by atoms with Gasteiger partial charge in [0.2, 0.25) is 0 Å². The Kier molecular flexibility index (Phi) is 2.70. The number of nitrogens with zero attached hydrogens (tertiary/aromatic N) is 4. The van der Waals surface area contributed by atoms with Crippen LogP contribution in [0.1, 0.15) is 38.6 Å². The minimum Gasteiger partial charge on any atom is -0.385 e. The number of anilines is 1. The lowest BCUT2D eigenvalue weighted by Crippen LogP contribution is -2.31. The quantitative estimate of drug-likeness (QED) is 0.877. The third kappa shape index (κ3) is 1.66. The van der Waals surface area contributed by atoms with Gasteiger partial charge in [-0.2, -0.15) is 0 Å². The molecule has 1 atom stereocenters. The SMILES string of the molecule is CC(C)N1CCCC1c1nnc2cccc(N)n12. The minimum atomic E-state index is 0.338. The summed E-state index contributed by atoms with van der Waals surface area (Å²) in [5.74, 6) is 1.69. The summed E-state index contributed by atoms with van der Waals surface area (Å²) in [4.78, 5) is 2.48. The van der Waals surface area contributed by atoms with Crippen LogP contribution in [0.3, 0.4) is 0 Å². The molecule has 1 unspecified atom stereocenters. The highest BCUT2D eigenvalue weighted by molar-refractivity contribution is 5.48. The summed E-state index contributed by atoms with van der Waals surface area (Å²) in [5, 5.41) is 8.59. The van der Waals surface area contributed by atoms with Gasteiger partial charge in [0.05, 0.1) is 6.04 Å². The van der Waals surface area contributed by atoms with Gasteiger partial charge in [0.1, 0.15) is 5.82 Å². The largest absolute Gasteiger partial charge is 0.385 e. The van der Waals surface area contributed by atoms with Gasteiger partial charge in [-0.3, -0.25) is 9.30 Å². The monoisotopic (exact) mass is 245 g/mol. The van der Waals surface area contributed by atoms with E-state index in [9.17, 15) is 0 Å².